The molecule has 2 nitrogen and oxygen atoms in total. The first-order valence-electron chi connectivity index (χ1n) is 5.65. The summed E-state index contributed by atoms with van der Waals surface area (Å²) in [5.41, 5.74) is 3.70. The number of benzene rings is 1. The van der Waals surface area contributed by atoms with Crippen molar-refractivity contribution in [1.82, 2.24) is 5.32 Å². The van der Waals surface area contributed by atoms with Crippen LogP contribution < -0.4 is 10.1 Å². The predicted molar refractivity (Wildman–Crippen MR) is 76.5 cm³/mol. The van der Waals surface area contributed by atoms with Crippen LogP contribution in [0.3, 0.4) is 0 Å². The zero-order valence-electron chi connectivity index (χ0n) is 11.0. The summed E-state index contributed by atoms with van der Waals surface area (Å²) in [6, 6.07) is 4.30. The maximum absolute atomic E-state index is 5.75. The molecule has 0 atom stereocenters. The highest BCUT2D eigenvalue weighted by atomic mass is 35.5. The molecule has 0 aromatic heterocycles. The van der Waals surface area contributed by atoms with Crippen LogP contribution in [0, 0.1) is 20.8 Å². The lowest BCUT2D eigenvalue weighted by molar-refractivity contribution is 0.357. The van der Waals surface area contributed by atoms with Crippen molar-refractivity contribution in [3.63, 3.8) is 0 Å². The van der Waals surface area contributed by atoms with E-state index in [0.29, 0.717) is 6.61 Å². The SMILES string of the molecule is CNC/C=C/COc1c(C)cc(C)cc1C.Cl. The second kappa shape index (κ2) is 8.15. The van der Waals surface area contributed by atoms with Gasteiger partial charge in [-0.3, -0.25) is 0 Å². The quantitative estimate of drug-likeness (QED) is 0.816. The molecule has 0 radical (unpaired) electrons. The second-order valence-electron chi connectivity index (χ2n) is 4.07. The summed E-state index contributed by atoms with van der Waals surface area (Å²) < 4.78 is 5.75. The number of hydrogen-bond acceptors (Lipinski definition) is 2. The predicted octanol–water partition coefficient (Wildman–Crippen LogP) is 3.19. The van der Waals surface area contributed by atoms with Crippen LogP contribution in [0.15, 0.2) is 24.3 Å². The first-order valence-corrected chi connectivity index (χ1v) is 5.65. The molecular weight excluding hydrogens is 234 g/mol. The molecule has 0 amide bonds. The zero-order chi connectivity index (χ0) is 12.0. The van der Waals surface area contributed by atoms with E-state index in [1.54, 1.807) is 0 Å². The molecule has 0 spiro atoms. The van der Waals surface area contributed by atoms with Gasteiger partial charge >= 0.3 is 0 Å². The second-order valence-corrected chi connectivity index (χ2v) is 4.07. The minimum atomic E-state index is 0. The summed E-state index contributed by atoms with van der Waals surface area (Å²) >= 11 is 0. The monoisotopic (exact) mass is 255 g/mol. The Morgan fingerprint density at radius 1 is 1.12 bits per heavy atom. The normalized spacial score (nSPS) is 10.4. The van der Waals surface area contributed by atoms with Crippen LogP contribution in [0.2, 0.25) is 0 Å². The van der Waals surface area contributed by atoms with Crippen LogP contribution in [0.1, 0.15) is 16.7 Å². The van der Waals surface area contributed by atoms with Gasteiger partial charge < -0.3 is 10.1 Å². The lowest BCUT2D eigenvalue weighted by Crippen LogP contribution is -2.05. The third-order valence-electron chi connectivity index (χ3n) is 2.42. The number of rotatable bonds is 5. The van der Waals surface area contributed by atoms with E-state index >= 15 is 0 Å². The van der Waals surface area contributed by atoms with Gasteiger partial charge in [-0.25, -0.2) is 0 Å². The van der Waals surface area contributed by atoms with Crippen LogP contribution in [-0.2, 0) is 0 Å². The number of ether oxygens (including phenoxy) is 1. The van der Waals surface area contributed by atoms with Crippen molar-refractivity contribution < 1.29 is 4.74 Å². The van der Waals surface area contributed by atoms with Gasteiger partial charge in [0.15, 0.2) is 0 Å². The molecule has 1 N–H and O–H groups in total. The van der Waals surface area contributed by atoms with Crippen molar-refractivity contribution in [2.75, 3.05) is 20.2 Å². The fraction of sp³-hybridized carbons (Fsp3) is 0.429. The molecule has 0 saturated heterocycles. The summed E-state index contributed by atoms with van der Waals surface area (Å²) in [6.45, 7) is 7.80. The molecule has 0 fully saturated rings. The van der Waals surface area contributed by atoms with Gasteiger partial charge in [-0.15, -0.1) is 12.4 Å². The Hall–Kier alpha value is -0.990. The highest BCUT2D eigenvalue weighted by Gasteiger charge is 2.03. The first kappa shape index (κ1) is 16.0. The molecule has 0 unspecified atom stereocenters. The average Bonchev–Trinajstić information content (AvgIpc) is 2.20. The molecule has 1 rings (SSSR count). The molecule has 0 aliphatic heterocycles. The van der Waals surface area contributed by atoms with E-state index in [4.69, 9.17) is 4.74 Å². The molecule has 3 heteroatoms. The van der Waals surface area contributed by atoms with Crippen molar-refractivity contribution in [2.45, 2.75) is 20.8 Å². The van der Waals surface area contributed by atoms with E-state index in [9.17, 15) is 0 Å². The topological polar surface area (TPSA) is 21.3 Å². The summed E-state index contributed by atoms with van der Waals surface area (Å²) in [7, 11) is 1.93. The van der Waals surface area contributed by atoms with Gasteiger partial charge in [0.05, 0.1) is 0 Å². The molecule has 0 aliphatic rings. The molecule has 0 bridgehead atoms. The minimum absolute atomic E-state index is 0. The van der Waals surface area contributed by atoms with E-state index in [1.165, 1.54) is 16.7 Å². The fourth-order valence-corrected chi connectivity index (χ4v) is 1.80. The molecule has 0 saturated carbocycles. The van der Waals surface area contributed by atoms with E-state index < -0.39 is 0 Å². The summed E-state index contributed by atoms with van der Waals surface area (Å²) in [5.74, 6) is 1.01. The highest BCUT2D eigenvalue weighted by Crippen LogP contribution is 2.24. The van der Waals surface area contributed by atoms with Crippen molar-refractivity contribution in [1.29, 1.82) is 0 Å². The average molecular weight is 256 g/mol. The van der Waals surface area contributed by atoms with Crippen molar-refractivity contribution in [2.24, 2.45) is 0 Å². The smallest absolute Gasteiger partial charge is 0.125 e. The Morgan fingerprint density at radius 3 is 2.24 bits per heavy atom. The lowest BCUT2D eigenvalue weighted by Gasteiger charge is -2.11. The summed E-state index contributed by atoms with van der Waals surface area (Å²) in [4.78, 5) is 0. The number of hydrogen-bond donors (Lipinski definition) is 1. The Morgan fingerprint density at radius 2 is 1.71 bits per heavy atom. The lowest BCUT2D eigenvalue weighted by atomic mass is 10.1. The van der Waals surface area contributed by atoms with Crippen molar-refractivity contribution in [3.8, 4) is 5.75 Å². The third kappa shape index (κ3) is 5.24. The van der Waals surface area contributed by atoms with E-state index in [1.807, 2.05) is 13.1 Å². The van der Waals surface area contributed by atoms with Crippen LogP contribution in [0.5, 0.6) is 5.75 Å². The van der Waals surface area contributed by atoms with Gasteiger partial charge in [-0.05, 0) is 38.9 Å². The van der Waals surface area contributed by atoms with Gasteiger partial charge in [0, 0.05) is 6.54 Å². The Bertz CT molecular complexity index is 351. The van der Waals surface area contributed by atoms with Gasteiger partial charge in [0.25, 0.3) is 0 Å². The third-order valence-corrected chi connectivity index (χ3v) is 2.42. The van der Waals surface area contributed by atoms with Crippen LogP contribution in [0.4, 0.5) is 0 Å². The molecular formula is C14H22ClNO. The fourth-order valence-electron chi connectivity index (χ4n) is 1.80. The van der Waals surface area contributed by atoms with Crippen LogP contribution in [0.25, 0.3) is 0 Å². The maximum atomic E-state index is 5.75. The number of nitrogens with one attached hydrogen (secondary N) is 1. The standard InChI is InChI=1S/C14H21NO.ClH/c1-11-9-12(2)14(13(3)10-11)16-8-6-5-7-15-4;/h5-6,9-10,15H,7-8H2,1-4H3;1H/b6-5+;. The molecule has 0 heterocycles. The number of aryl methyl sites for hydroxylation is 3. The summed E-state index contributed by atoms with van der Waals surface area (Å²) in [6.07, 6.45) is 4.11. The molecule has 96 valence electrons. The Kier molecular flexibility index (Phi) is 7.68. The Labute approximate surface area is 110 Å². The van der Waals surface area contributed by atoms with Crippen molar-refractivity contribution >= 4 is 12.4 Å². The molecule has 1 aromatic carbocycles. The minimum Gasteiger partial charge on any atom is -0.489 e. The first-order chi connectivity index (χ1) is 7.65. The van der Waals surface area contributed by atoms with E-state index in [-0.39, 0.29) is 12.4 Å². The maximum Gasteiger partial charge on any atom is 0.125 e. The van der Waals surface area contributed by atoms with Gasteiger partial charge in [0.1, 0.15) is 12.4 Å². The summed E-state index contributed by atoms with van der Waals surface area (Å²) in [5, 5.41) is 3.05. The largest absolute Gasteiger partial charge is 0.489 e. The molecule has 0 aliphatic carbocycles. The van der Waals surface area contributed by atoms with Gasteiger partial charge in [0.2, 0.25) is 0 Å². The van der Waals surface area contributed by atoms with E-state index in [0.717, 1.165) is 12.3 Å². The van der Waals surface area contributed by atoms with Gasteiger partial charge in [-0.1, -0.05) is 29.8 Å². The van der Waals surface area contributed by atoms with Crippen molar-refractivity contribution in [3.05, 3.63) is 41.0 Å². The number of likely N-dealkylation sites (N-methyl/N-ethyl adjacent to an activating group) is 1. The Balaban J connectivity index is 0.00000256. The highest BCUT2D eigenvalue weighted by molar-refractivity contribution is 5.85. The van der Waals surface area contributed by atoms with Crippen LogP contribution >= 0.6 is 12.4 Å². The molecule has 17 heavy (non-hydrogen) atoms. The van der Waals surface area contributed by atoms with E-state index in [2.05, 4.69) is 44.3 Å². The zero-order valence-corrected chi connectivity index (χ0v) is 11.9. The van der Waals surface area contributed by atoms with Crippen LogP contribution in [-0.4, -0.2) is 20.2 Å². The molecule has 1 aromatic rings. The van der Waals surface area contributed by atoms with Gasteiger partial charge in [-0.2, -0.15) is 0 Å². The number of halogens is 1.